The predicted octanol–water partition coefficient (Wildman–Crippen LogP) is 3.67. The number of halogens is 1. The number of nitrogens with zero attached hydrogens (tertiary/aromatic N) is 3. The number of hydrogen-bond acceptors (Lipinski definition) is 5. The molecule has 30 heavy (non-hydrogen) atoms. The van der Waals surface area contributed by atoms with E-state index in [2.05, 4.69) is 15.5 Å². The molecule has 8 heteroatoms. The minimum atomic E-state index is -0.337. The van der Waals surface area contributed by atoms with E-state index in [4.69, 9.17) is 9.26 Å². The van der Waals surface area contributed by atoms with Crippen LogP contribution in [0.4, 0.5) is 4.39 Å². The monoisotopic (exact) mass is 406 g/mol. The Labute approximate surface area is 172 Å². The number of ether oxygens (including phenoxy) is 1. The van der Waals surface area contributed by atoms with E-state index < -0.39 is 0 Å². The van der Waals surface area contributed by atoms with E-state index in [0.717, 1.165) is 11.3 Å². The van der Waals surface area contributed by atoms with Gasteiger partial charge < -0.3 is 19.1 Å². The fourth-order valence-electron chi connectivity index (χ4n) is 2.98. The first-order valence-corrected chi connectivity index (χ1v) is 9.27. The zero-order chi connectivity index (χ0) is 20.9. The summed E-state index contributed by atoms with van der Waals surface area (Å²) in [5.41, 5.74) is 2.20. The van der Waals surface area contributed by atoms with Crippen molar-refractivity contribution in [2.45, 2.75) is 13.1 Å². The number of methoxy groups -OCH3 is 1. The third-order valence-electron chi connectivity index (χ3n) is 4.51. The molecule has 4 aromatic rings. The number of rotatable bonds is 7. The van der Waals surface area contributed by atoms with Gasteiger partial charge in [-0.15, -0.1) is 0 Å². The van der Waals surface area contributed by atoms with Crippen molar-refractivity contribution in [1.29, 1.82) is 0 Å². The highest BCUT2D eigenvalue weighted by Crippen LogP contribution is 2.23. The maximum absolute atomic E-state index is 13.1. The molecule has 0 bridgehead atoms. The molecule has 0 unspecified atom stereocenters. The summed E-state index contributed by atoms with van der Waals surface area (Å²) in [6, 6.07) is 16.9. The highest BCUT2D eigenvalue weighted by atomic mass is 19.1. The first-order valence-electron chi connectivity index (χ1n) is 9.27. The van der Waals surface area contributed by atoms with Crippen molar-refractivity contribution < 1.29 is 18.4 Å². The van der Waals surface area contributed by atoms with Gasteiger partial charge in [0.25, 0.3) is 5.89 Å². The summed E-state index contributed by atoms with van der Waals surface area (Å²) in [5, 5.41) is 6.84. The Morgan fingerprint density at radius 1 is 1.17 bits per heavy atom. The maximum Gasteiger partial charge on any atom is 0.274 e. The van der Waals surface area contributed by atoms with Gasteiger partial charge in [0.15, 0.2) is 0 Å². The molecule has 2 heterocycles. The second-order valence-electron chi connectivity index (χ2n) is 6.58. The molecule has 4 rings (SSSR count). The van der Waals surface area contributed by atoms with E-state index in [1.165, 1.54) is 12.1 Å². The summed E-state index contributed by atoms with van der Waals surface area (Å²) in [6.45, 7) is 0.489. The minimum absolute atomic E-state index is 0.0978. The molecule has 1 amide bonds. The fraction of sp³-hybridized carbons (Fsp3) is 0.136. The molecule has 0 atom stereocenters. The molecule has 152 valence electrons. The van der Waals surface area contributed by atoms with E-state index >= 15 is 0 Å². The van der Waals surface area contributed by atoms with Gasteiger partial charge in [-0.25, -0.2) is 4.39 Å². The lowest BCUT2D eigenvalue weighted by Gasteiger charge is -2.09. The third-order valence-corrected chi connectivity index (χ3v) is 4.51. The van der Waals surface area contributed by atoms with Crippen LogP contribution in [0.25, 0.3) is 23.0 Å². The number of aromatic nitrogens is 3. The highest BCUT2D eigenvalue weighted by Gasteiger charge is 2.15. The number of amides is 1. The molecular weight excluding hydrogens is 387 g/mol. The van der Waals surface area contributed by atoms with E-state index in [9.17, 15) is 9.18 Å². The summed E-state index contributed by atoms with van der Waals surface area (Å²) < 4.78 is 25.4. The molecule has 0 fully saturated rings. The van der Waals surface area contributed by atoms with Crippen LogP contribution < -0.4 is 10.1 Å². The van der Waals surface area contributed by atoms with Crippen molar-refractivity contribution in [3.63, 3.8) is 0 Å². The first kappa shape index (κ1) is 19.4. The molecule has 0 spiro atoms. The van der Waals surface area contributed by atoms with Crippen molar-refractivity contribution in [2.75, 3.05) is 7.11 Å². The fourth-order valence-corrected chi connectivity index (χ4v) is 2.98. The topological polar surface area (TPSA) is 82.2 Å². The van der Waals surface area contributed by atoms with Gasteiger partial charge in [0.05, 0.1) is 7.11 Å². The van der Waals surface area contributed by atoms with Crippen molar-refractivity contribution in [3.8, 4) is 28.7 Å². The van der Waals surface area contributed by atoms with Crippen molar-refractivity contribution in [3.05, 3.63) is 78.2 Å². The van der Waals surface area contributed by atoms with Gasteiger partial charge >= 0.3 is 0 Å². The maximum atomic E-state index is 13.1. The lowest BCUT2D eigenvalue weighted by Crippen LogP contribution is -2.27. The number of carbonyl (C=O) groups excluding carboxylic acids is 1. The van der Waals surface area contributed by atoms with Crippen LogP contribution in [0, 0.1) is 5.82 Å². The number of benzene rings is 2. The standard InChI is InChI=1S/C22H19FN4O3/c1-29-18-5-2-4-15(12-18)13-24-20(28)14-27-11-3-6-19(27)22-25-21(26-30-22)16-7-9-17(23)10-8-16/h2-12H,13-14H2,1H3,(H,24,28). The van der Waals surface area contributed by atoms with Crippen LogP contribution in [0.5, 0.6) is 5.75 Å². The molecule has 1 N–H and O–H groups in total. The summed E-state index contributed by atoms with van der Waals surface area (Å²) in [7, 11) is 1.60. The summed E-state index contributed by atoms with van der Waals surface area (Å²) in [6.07, 6.45) is 1.77. The van der Waals surface area contributed by atoms with Crippen LogP contribution in [-0.4, -0.2) is 27.7 Å². The smallest absolute Gasteiger partial charge is 0.274 e. The van der Waals surface area contributed by atoms with Crippen LogP contribution in [0.3, 0.4) is 0 Å². The molecule has 0 saturated carbocycles. The minimum Gasteiger partial charge on any atom is -0.497 e. The number of nitrogens with one attached hydrogen (secondary N) is 1. The average molecular weight is 406 g/mol. The summed E-state index contributed by atoms with van der Waals surface area (Å²) in [5.74, 6) is 0.868. The second-order valence-corrected chi connectivity index (χ2v) is 6.58. The second kappa shape index (κ2) is 8.60. The zero-order valence-electron chi connectivity index (χ0n) is 16.2. The summed E-state index contributed by atoms with van der Waals surface area (Å²) in [4.78, 5) is 16.8. The Balaban J connectivity index is 1.43. The third kappa shape index (κ3) is 4.38. The molecule has 2 aromatic carbocycles. The zero-order valence-corrected chi connectivity index (χ0v) is 16.2. The quantitative estimate of drug-likeness (QED) is 0.506. The van der Waals surface area contributed by atoms with Gasteiger partial charge in [0, 0.05) is 18.3 Å². The lowest BCUT2D eigenvalue weighted by atomic mass is 10.2. The predicted molar refractivity (Wildman–Crippen MR) is 108 cm³/mol. The SMILES string of the molecule is COc1cccc(CNC(=O)Cn2cccc2-c2nc(-c3ccc(F)cc3)no2)c1. The number of carbonyl (C=O) groups is 1. The van der Waals surface area contributed by atoms with Gasteiger partial charge in [-0.2, -0.15) is 4.98 Å². The molecule has 0 aliphatic rings. The van der Waals surface area contributed by atoms with Crippen LogP contribution in [0.15, 0.2) is 71.4 Å². The first-order chi connectivity index (χ1) is 14.6. The van der Waals surface area contributed by atoms with Crippen molar-refractivity contribution >= 4 is 5.91 Å². The highest BCUT2D eigenvalue weighted by molar-refractivity contribution is 5.76. The Hall–Kier alpha value is -3.94. The van der Waals surface area contributed by atoms with E-state index in [-0.39, 0.29) is 24.2 Å². The van der Waals surface area contributed by atoms with Gasteiger partial charge in [-0.1, -0.05) is 17.3 Å². The molecule has 2 aromatic heterocycles. The van der Waals surface area contributed by atoms with Gasteiger partial charge in [-0.05, 0) is 54.1 Å². The molecule has 0 aliphatic heterocycles. The van der Waals surface area contributed by atoms with Gasteiger partial charge in [0.1, 0.15) is 23.8 Å². The lowest BCUT2D eigenvalue weighted by molar-refractivity contribution is -0.121. The average Bonchev–Trinajstić information content (AvgIpc) is 3.42. The Bertz CT molecular complexity index is 1150. The van der Waals surface area contributed by atoms with E-state index in [0.29, 0.717) is 23.6 Å². The molecule has 7 nitrogen and oxygen atoms in total. The van der Waals surface area contributed by atoms with Crippen molar-refractivity contribution in [1.82, 2.24) is 20.0 Å². The van der Waals surface area contributed by atoms with E-state index in [1.54, 1.807) is 42.1 Å². The molecular formula is C22H19FN4O3. The van der Waals surface area contributed by atoms with Gasteiger partial charge in [-0.3, -0.25) is 4.79 Å². The number of hydrogen-bond donors (Lipinski definition) is 1. The summed E-state index contributed by atoms with van der Waals surface area (Å²) >= 11 is 0. The van der Waals surface area contributed by atoms with Crippen LogP contribution in [0.1, 0.15) is 5.56 Å². The molecule has 0 aliphatic carbocycles. The van der Waals surface area contributed by atoms with Crippen LogP contribution in [0.2, 0.25) is 0 Å². The Morgan fingerprint density at radius 2 is 2.00 bits per heavy atom. The largest absolute Gasteiger partial charge is 0.497 e. The molecule has 0 saturated heterocycles. The normalized spacial score (nSPS) is 10.7. The van der Waals surface area contributed by atoms with E-state index in [1.807, 2.05) is 24.3 Å². The Kier molecular flexibility index (Phi) is 5.56. The Morgan fingerprint density at radius 3 is 2.80 bits per heavy atom. The van der Waals surface area contributed by atoms with Gasteiger partial charge in [0.2, 0.25) is 11.7 Å². The van der Waals surface area contributed by atoms with Crippen LogP contribution >= 0.6 is 0 Å². The van der Waals surface area contributed by atoms with Crippen molar-refractivity contribution in [2.24, 2.45) is 0 Å². The van der Waals surface area contributed by atoms with Crippen LogP contribution in [-0.2, 0) is 17.9 Å². The molecule has 0 radical (unpaired) electrons.